The molecule has 110 valence electrons. The molecule has 0 aliphatic carbocycles. The molecule has 3 N–H and O–H groups in total. The summed E-state index contributed by atoms with van der Waals surface area (Å²) in [5.41, 5.74) is 5.17. The first-order valence-electron chi connectivity index (χ1n) is 5.56. The van der Waals surface area contributed by atoms with E-state index in [0.29, 0.717) is 0 Å². The Morgan fingerprint density at radius 1 is 1.50 bits per heavy atom. The minimum absolute atomic E-state index is 0.130. The summed E-state index contributed by atoms with van der Waals surface area (Å²) in [7, 11) is 0. The van der Waals surface area contributed by atoms with E-state index in [0.717, 1.165) is 6.07 Å². The molecule has 0 aliphatic heterocycles. The summed E-state index contributed by atoms with van der Waals surface area (Å²) in [5, 5.41) is 10.9. The van der Waals surface area contributed by atoms with Gasteiger partial charge in [-0.1, -0.05) is 11.6 Å². The quantitative estimate of drug-likeness (QED) is 0.648. The number of rotatable bonds is 5. The van der Waals surface area contributed by atoms with Crippen LogP contribution in [0.3, 0.4) is 0 Å². The number of hydrogen-bond acceptors (Lipinski definition) is 4. The van der Waals surface area contributed by atoms with Crippen LogP contribution >= 0.6 is 11.6 Å². The van der Waals surface area contributed by atoms with Gasteiger partial charge in [0.1, 0.15) is 11.2 Å². The van der Waals surface area contributed by atoms with Crippen LogP contribution in [0.4, 0.5) is 23.4 Å². The van der Waals surface area contributed by atoms with Crippen molar-refractivity contribution in [1.29, 1.82) is 5.26 Å². The van der Waals surface area contributed by atoms with E-state index in [1.807, 2.05) is 0 Å². The topological polar surface area (TPSA) is 74.7 Å². The lowest BCUT2D eigenvalue weighted by Gasteiger charge is -2.18. The van der Waals surface area contributed by atoms with Crippen molar-refractivity contribution in [2.45, 2.75) is 25.1 Å². The molecule has 20 heavy (non-hydrogen) atoms. The monoisotopic (exact) mass is 310 g/mol. The maximum absolute atomic E-state index is 13.6. The zero-order valence-corrected chi connectivity index (χ0v) is 10.9. The van der Waals surface area contributed by atoms with Gasteiger partial charge in [-0.05, 0) is 12.5 Å². The van der Waals surface area contributed by atoms with Gasteiger partial charge in [0.25, 0.3) is 0 Å². The van der Waals surface area contributed by atoms with Gasteiger partial charge in [0, 0.05) is 19.0 Å². The number of pyridine rings is 1. The van der Waals surface area contributed by atoms with E-state index in [1.165, 1.54) is 0 Å². The van der Waals surface area contributed by atoms with Gasteiger partial charge in [0.15, 0.2) is 11.6 Å². The molecule has 0 unspecified atom stereocenters. The second-order valence-corrected chi connectivity index (χ2v) is 4.36. The summed E-state index contributed by atoms with van der Waals surface area (Å²) in [4.78, 5) is 3.60. The molecule has 1 heterocycles. The second-order valence-electron chi connectivity index (χ2n) is 4.00. The number of nitrogens with zero attached hydrogens (tertiary/aromatic N) is 2. The summed E-state index contributed by atoms with van der Waals surface area (Å²) in [6.45, 7) is -0.130. The van der Waals surface area contributed by atoms with Gasteiger partial charge in [-0.15, -0.1) is 0 Å². The average Bonchev–Trinajstić information content (AvgIpc) is 2.36. The van der Waals surface area contributed by atoms with Crippen LogP contribution < -0.4 is 11.1 Å². The number of hydrogen-bond donors (Lipinski definition) is 2. The second kappa shape index (κ2) is 6.72. The van der Waals surface area contributed by atoms with Gasteiger partial charge in [-0.25, -0.2) is 9.37 Å². The summed E-state index contributed by atoms with van der Waals surface area (Å²) in [6.07, 6.45) is -5.68. The highest BCUT2D eigenvalue weighted by atomic mass is 35.5. The highest BCUT2D eigenvalue weighted by molar-refractivity contribution is 6.30. The van der Waals surface area contributed by atoms with Crippen molar-refractivity contribution in [2.75, 3.05) is 11.9 Å². The molecule has 9 heteroatoms. The van der Waals surface area contributed by atoms with Gasteiger partial charge in [-0.3, -0.25) is 0 Å². The third-order valence-corrected chi connectivity index (χ3v) is 2.74. The number of nitriles is 1. The van der Waals surface area contributed by atoms with Gasteiger partial charge in [0.05, 0.1) is 5.56 Å². The van der Waals surface area contributed by atoms with Gasteiger partial charge < -0.3 is 11.1 Å². The average molecular weight is 311 g/mol. The summed E-state index contributed by atoms with van der Waals surface area (Å²) in [5.74, 6) is -1.21. The number of halogens is 5. The Kier molecular flexibility index (Phi) is 5.53. The van der Waals surface area contributed by atoms with Crippen molar-refractivity contribution in [3.8, 4) is 6.07 Å². The Morgan fingerprint density at radius 3 is 2.65 bits per heavy atom. The molecular formula is C11H11ClF4N4. The van der Waals surface area contributed by atoms with Crippen LogP contribution in [0.15, 0.2) is 6.07 Å². The van der Waals surface area contributed by atoms with Crippen molar-refractivity contribution in [3.05, 3.63) is 22.6 Å². The molecule has 0 fully saturated rings. The minimum Gasteiger partial charge on any atom is -0.364 e. The minimum atomic E-state index is -4.32. The van der Waals surface area contributed by atoms with Crippen LogP contribution in [0.2, 0.25) is 5.15 Å². The number of nitrogens with two attached hydrogens (primary N) is 1. The van der Waals surface area contributed by atoms with E-state index in [9.17, 15) is 17.6 Å². The molecule has 1 aromatic heterocycles. The molecule has 0 aromatic carbocycles. The largest absolute Gasteiger partial charge is 0.389 e. The van der Waals surface area contributed by atoms with E-state index >= 15 is 0 Å². The predicted octanol–water partition coefficient (Wildman–Crippen LogP) is 2.83. The normalized spacial score (nSPS) is 12.8. The number of alkyl halides is 3. The Hall–Kier alpha value is -1.59. The number of nitrogens with one attached hydrogen (secondary N) is 1. The predicted molar refractivity (Wildman–Crippen MR) is 65.7 cm³/mol. The molecule has 0 bridgehead atoms. The molecule has 1 atom stereocenters. The van der Waals surface area contributed by atoms with Gasteiger partial charge in [0.2, 0.25) is 0 Å². The van der Waals surface area contributed by atoms with Crippen LogP contribution in [0, 0.1) is 17.1 Å². The van der Waals surface area contributed by atoms with Crippen LogP contribution in [-0.4, -0.2) is 23.7 Å². The Labute approximate surface area is 117 Å². The summed E-state index contributed by atoms with van der Waals surface area (Å²) >= 11 is 5.63. The fourth-order valence-electron chi connectivity index (χ4n) is 1.43. The van der Waals surface area contributed by atoms with Crippen molar-refractivity contribution < 1.29 is 17.6 Å². The van der Waals surface area contributed by atoms with Crippen molar-refractivity contribution >= 4 is 17.4 Å². The van der Waals surface area contributed by atoms with Crippen molar-refractivity contribution in [3.63, 3.8) is 0 Å². The SMILES string of the molecule is N#Cc1cc(F)c(N[C@@H](CN)CCC(F)(F)F)nc1Cl. The van der Waals surface area contributed by atoms with Crippen LogP contribution in [0.1, 0.15) is 18.4 Å². The molecule has 0 amide bonds. The van der Waals surface area contributed by atoms with E-state index < -0.39 is 24.5 Å². The molecule has 1 aromatic rings. The maximum Gasteiger partial charge on any atom is 0.389 e. The lowest BCUT2D eigenvalue weighted by atomic mass is 10.1. The number of aromatic nitrogens is 1. The molecule has 0 spiro atoms. The van der Waals surface area contributed by atoms with Gasteiger partial charge >= 0.3 is 6.18 Å². The van der Waals surface area contributed by atoms with Crippen LogP contribution in [0.5, 0.6) is 0 Å². The van der Waals surface area contributed by atoms with E-state index in [4.69, 9.17) is 22.6 Å². The van der Waals surface area contributed by atoms with E-state index in [-0.39, 0.29) is 29.5 Å². The molecule has 0 radical (unpaired) electrons. The maximum atomic E-state index is 13.6. The lowest BCUT2D eigenvalue weighted by molar-refractivity contribution is -0.135. The Bertz CT molecular complexity index is 512. The zero-order valence-electron chi connectivity index (χ0n) is 10.1. The smallest absolute Gasteiger partial charge is 0.364 e. The molecule has 4 nitrogen and oxygen atoms in total. The Morgan fingerprint density at radius 2 is 2.15 bits per heavy atom. The molecule has 1 rings (SSSR count). The Balaban J connectivity index is 2.80. The van der Waals surface area contributed by atoms with E-state index in [2.05, 4.69) is 10.3 Å². The van der Waals surface area contributed by atoms with Gasteiger partial charge in [-0.2, -0.15) is 18.4 Å². The van der Waals surface area contributed by atoms with Crippen molar-refractivity contribution in [1.82, 2.24) is 4.98 Å². The first kappa shape index (κ1) is 16.5. The first-order valence-corrected chi connectivity index (χ1v) is 5.94. The van der Waals surface area contributed by atoms with Crippen LogP contribution in [0.25, 0.3) is 0 Å². The zero-order chi connectivity index (χ0) is 15.3. The molecule has 0 aliphatic rings. The third kappa shape index (κ3) is 4.83. The lowest BCUT2D eigenvalue weighted by Crippen LogP contribution is -2.31. The van der Waals surface area contributed by atoms with Crippen LogP contribution in [-0.2, 0) is 0 Å². The highest BCUT2D eigenvalue weighted by Crippen LogP contribution is 2.24. The van der Waals surface area contributed by atoms with E-state index in [1.54, 1.807) is 6.07 Å². The number of anilines is 1. The molecule has 0 saturated carbocycles. The standard InChI is InChI=1S/C11H11ClF4N4/c12-9-6(4-17)3-8(13)10(20-9)19-7(5-18)1-2-11(14,15)16/h3,7H,1-2,5,18H2,(H,19,20)/t7-/m1/s1. The third-order valence-electron chi connectivity index (χ3n) is 2.45. The fourth-order valence-corrected chi connectivity index (χ4v) is 1.61. The molecule has 0 saturated heterocycles. The van der Waals surface area contributed by atoms with Crippen molar-refractivity contribution in [2.24, 2.45) is 5.73 Å². The molecular weight excluding hydrogens is 300 g/mol. The highest BCUT2D eigenvalue weighted by Gasteiger charge is 2.28. The first-order chi connectivity index (χ1) is 9.26. The fraction of sp³-hybridized carbons (Fsp3) is 0.455. The summed E-state index contributed by atoms with van der Waals surface area (Å²) in [6, 6.07) is 1.69. The summed E-state index contributed by atoms with van der Waals surface area (Å²) < 4.78 is 49.9.